The van der Waals surface area contributed by atoms with Gasteiger partial charge in [-0.1, -0.05) is 12.1 Å². The third-order valence-corrected chi connectivity index (χ3v) is 4.12. The minimum Gasteiger partial charge on any atom is -0.497 e. The Morgan fingerprint density at radius 3 is 2.34 bits per heavy atom. The van der Waals surface area contributed by atoms with Gasteiger partial charge in [-0.3, -0.25) is 4.79 Å². The molecule has 0 spiro atoms. The number of aromatic nitrogens is 2. The lowest BCUT2D eigenvalue weighted by molar-refractivity contribution is 0.0945. The molecule has 2 N–H and O–H groups in total. The van der Waals surface area contributed by atoms with E-state index in [1.807, 2.05) is 55.5 Å². The van der Waals surface area contributed by atoms with Gasteiger partial charge in [-0.15, -0.1) is 0 Å². The van der Waals surface area contributed by atoms with Gasteiger partial charge in [0.15, 0.2) is 0 Å². The first-order chi connectivity index (χ1) is 14.1. The maximum Gasteiger partial charge on any atom is 0.270 e. The number of anilines is 2. The van der Waals surface area contributed by atoms with Gasteiger partial charge in [0.05, 0.1) is 13.7 Å². The van der Waals surface area contributed by atoms with E-state index in [2.05, 4.69) is 20.6 Å². The third-order valence-electron chi connectivity index (χ3n) is 4.12. The van der Waals surface area contributed by atoms with Crippen LogP contribution in [0.3, 0.4) is 0 Å². The van der Waals surface area contributed by atoms with Crippen LogP contribution in [-0.2, 0) is 6.54 Å². The number of hydrogen-bond acceptors (Lipinski definition) is 6. The summed E-state index contributed by atoms with van der Waals surface area (Å²) in [5.41, 5.74) is 2.12. The molecule has 0 unspecified atom stereocenters. The van der Waals surface area contributed by atoms with E-state index in [1.165, 1.54) is 0 Å². The number of hydrogen-bond donors (Lipinski definition) is 2. The molecule has 7 nitrogen and oxygen atoms in total. The van der Waals surface area contributed by atoms with Crippen molar-refractivity contribution in [3.8, 4) is 11.5 Å². The fourth-order valence-electron chi connectivity index (χ4n) is 2.71. The molecule has 0 aliphatic rings. The molecule has 7 heteroatoms. The standard InChI is InChI=1S/C22H24N4O3/c1-4-29-19-11-7-17(8-12-19)26-21-13-20(24-15(2)25-21)22(27)23-14-16-5-9-18(28-3)10-6-16/h5-13H,4,14H2,1-3H3,(H,23,27)(H,24,25,26). The largest absolute Gasteiger partial charge is 0.497 e. The van der Waals surface area contributed by atoms with Gasteiger partial charge in [0.1, 0.15) is 28.8 Å². The van der Waals surface area contributed by atoms with Crippen LogP contribution in [-0.4, -0.2) is 29.6 Å². The minimum absolute atomic E-state index is 0.263. The van der Waals surface area contributed by atoms with Gasteiger partial charge < -0.3 is 20.1 Å². The zero-order valence-corrected chi connectivity index (χ0v) is 16.7. The van der Waals surface area contributed by atoms with Crippen molar-refractivity contribution in [1.29, 1.82) is 0 Å². The molecule has 2 aromatic carbocycles. The Balaban J connectivity index is 1.66. The second-order valence-corrected chi connectivity index (χ2v) is 6.30. The summed E-state index contributed by atoms with van der Waals surface area (Å²) < 4.78 is 10.6. The molecule has 3 rings (SSSR count). The molecule has 150 valence electrons. The van der Waals surface area contributed by atoms with E-state index < -0.39 is 0 Å². The molecule has 1 aromatic heterocycles. The van der Waals surface area contributed by atoms with Crippen molar-refractivity contribution < 1.29 is 14.3 Å². The number of aryl methyl sites for hydroxylation is 1. The summed E-state index contributed by atoms with van der Waals surface area (Å²) >= 11 is 0. The molecule has 1 amide bonds. The summed E-state index contributed by atoms with van der Waals surface area (Å²) in [5, 5.41) is 6.07. The van der Waals surface area contributed by atoms with Crippen LogP contribution in [0.4, 0.5) is 11.5 Å². The van der Waals surface area contributed by atoms with E-state index >= 15 is 0 Å². The second-order valence-electron chi connectivity index (χ2n) is 6.30. The Kier molecular flexibility index (Phi) is 6.63. The van der Waals surface area contributed by atoms with Gasteiger partial charge in [0.2, 0.25) is 0 Å². The van der Waals surface area contributed by atoms with Crippen LogP contribution in [0.2, 0.25) is 0 Å². The van der Waals surface area contributed by atoms with Crippen LogP contribution in [0.1, 0.15) is 28.8 Å². The molecule has 3 aromatic rings. The molecule has 0 atom stereocenters. The Bertz CT molecular complexity index is 957. The van der Waals surface area contributed by atoms with Crippen molar-refractivity contribution in [2.24, 2.45) is 0 Å². The molecular weight excluding hydrogens is 368 g/mol. The zero-order valence-electron chi connectivity index (χ0n) is 16.7. The number of amides is 1. The maximum atomic E-state index is 12.5. The summed E-state index contributed by atoms with van der Waals surface area (Å²) in [6.07, 6.45) is 0. The summed E-state index contributed by atoms with van der Waals surface area (Å²) in [7, 11) is 1.62. The van der Waals surface area contributed by atoms with E-state index in [9.17, 15) is 4.79 Å². The fourth-order valence-corrected chi connectivity index (χ4v) is 2.71. The smallest absolute Gasteiger partial charge is 0.270 e. The quantitative estimate of drug-likeness (QED) is 0.605. The number of methoxy groups -OCH3 is 1. The van der Waals surface area contributed by atoms with Crippen molar-refractivity contribution in [1.82, 2.24) is 15.3 Å². The average Bonchev–Trinajstić information content (AvgIpc) is 2.73. The maximum absolute atomic E-state index is 12.5. The van der Waals surface area contributed by atoms with Crippen molar-refractivity contribution >= 4 is 17.4 Å². The number of nitrogens with one attached hydrogen (secondary N) is 2. The summed E-state index contributed by atoms with van der Waals surface area (Å²) in [6.45, 7) is 4.71. The lowest BCUT2D eigenvalue weighted by Gasteiger charge is -2.10. The van der Waals surface area contributed by atoms with Gasteiger partial charge >= 0.3 is 0 Å². The molecule has 0 aliphatic heterocycles. The molecule has 29 heavy (non-hydrogen) atoms. The van der Waals surface area contributed by atoms with Crippen LogP contribution in [0.15, 0.2) is 54.6 Å². The first-order valence-electron chi connectivity index (χ1n) is 9.34. The topological polar surface area (TPSA) is 85.4 Å². The summed E-state index contributed by atoms with van der Waals surface area (Å²) in [6, 6.07) is 16.7. The van der Waals surface area contributed by atoms with Crippen LogP contribution >= 0.6 is 0 Å². The number of nitrogens with zero attached hydrogens (tertiary/aromatic N) is 2. The second kappa shape index (κ2) is 9.54. The molecule has 0 aliphatic carbocycles. The van der Waals surface area contributed by atoms with Crippen molar-refractivity contribution in [3.63, 3.8) is 0 Å². The highest BCUT2D eigenvalue weighted by atomic mass is 16.5. The summed E-state index contributed by atoms with van der Waals surface area (Å²) in [4.78, 5) is 21.2. The van der Waals surface area contributed by atoms with E-state index in [1.54, 1.807) is 20.1 Å². The van der Waals surface area contributed by atoms with E-state index in [-0.39, 0.29) is 5.91 Å². The predicted molar refractivity (Wildman–Crippen MR) is 112 cm³/mol. The fraction of sp³-hybridized carbons (Fsp3) is 0.227. The number of carbonyl (C=O) groups excluding carboxylic acids is 1. The van der Waals surface area contributed by atoms with E-state index in [0.717, 1.165) is 22.7 Å². The number of benzene rings is 2. The minimum atomic E-state index is -0.263. The van der Waals surface area contributed by atoms with Crippen LogP contribution < -0.4 is 20.1 Å². The molecule has 0 fully saturated rings. The van der Waals surface area contributed by atoms with Crippen molar-refractivity contribution in [2.75, 3.05) is 19.0 Å². The monoisotopic (exact) mass is 392 g/mol. The highest BCUT2D eigenvalue weighted by Crippen LogP contribution is 2.19. The molecule has 0 radical (unpaired) electrons. The van der Waals surface area contributed by atoms with Gasteiger partial charge in [-0.25, -0.2) is 9.97 Å². The molecule has 0 saturated heterocycles. The SMILES string of the molecule is CCOc1ccc(Nc2cc(C(=O)NCc3ccc(OC)cc3)nc(C)n2)cc1. The number of ether oxygens (including phenoxy) is 2. The predicted octanol–water partition coefficient (Wildman–Crippen LogP) is 3.87. The third kappa shape index (κ3) is 5.68. The van der Waals surface area contributed by atoms with Gasteiger partial charge in [0.25, 0.3) is 5.91 Å². The van der Waals surface area contributed by atoms with Gasteiger partial charge in [-0.05, 0) is 55.8 Å². The van der Waals surface area contributed by atoms with Gasteiger partial charge in [0, 0.05) is 18.3 Å². The number of rotatable bonds is 8. The molecular formula is C22H24N4O3. The average molecular weight is 392 g/mol. The molecule has 1 heterocycles. The van der Waals surface area contributed by atoms with Crippen LogP contribution in [0, 0.1) is 6.92 Å². The first-order valence-corrected chi connectivity index (χ1v) is 9.34. The Morgan fingerprint density at radius 2 is 1.69 bits per heavy atom. The van der Waals surface area contributed by atoms with Crippen LogP contribution in [0.25, 0.3) is 0 Å². The number of carbonyl (C=O) groups is 1. The summed E-state index contributed by atoms with van der Waals surface area (Å²) in [5.74, 6) is 2.37. The highest BCUT2D eigenvalue weighted by Gasteiger charge is 2.11. The highest BCUT2D eigenvalue weighted by molar-refractivity contribution is 5.93. The first kappa shape index (κ1) is 20.1. The van der Waals surface area contributed by atoms with Gasteiger partial charge in [-0.2, -0.15) is 0 Å². The van der Waals surface area contributed by atoms with Crippen LogP contribution in [0.5, 0.6) is 11.5 Å². The zero-order chi connectivity index (χ0) is 20.6. The van der Waals surface area contributed by atoms with E-state index in [4.69, 9.17) is 9.47 Å². The van der Waals surface area contributed by atoms with Crippen molar-refractivity contribution in [3.05, 3.63) is 71.7 Å². The normalized spacial score (nSPS) is 10.3. The van der Waals surface area contributed by atoms with E-state index in [0.29, 0.717) is 30.5 Å². The van der Waals surface area contributed by atoms with Crippen molar-refractivity contribution in [2.45, 2.75) is 20.4 Å². The lowest BCUT2D eigenvalue weighted by Crippen LogP contribution is -2.24. The molecule has 0 bridgehead atoms. The Labute approximate surface area is 170 Å². The molecule has 0 saturated carbocycles. The Morgan fingerprint density at radius 1 is 1.00 bits per heavy atom. The lowest BCUT2D eigenvalue weighted by atomic mass is 10.2. The Hall–Kier alpha value is -3.61.